The quantitative estimate of drug-likeness (QED) is 0.594. The lowest BCUT2D eigenvalue weighted by Crippen LogP contribution is -2.60. The van der Waals surface area contributed by atoms with Crippen molar-refractivity contribution in [2.45, 2.75) is 51.2 Å². The molecule has 0 saturated heterocycles. The van der Waals surface area contributed by atoms with Crippen LogP contribution in [0.5, 0.6) is 0 Å². The van der Waals surface area contributed by atoms with Crippen LogP contribution in [0.4, 0.5) is 4.79 Å². The topological polar surface area (TPSA) is 113 Å². The maximum atomic E-state index is 11.5. The summed E-state index contributed by atoms with van der Waals surface area (Å²) in [5.41, 5.74) is 3.69. The molecule has 5 N–H and O–H groups in total. The fraction of sp³-hybridized carbons (Fsp3) is 0.833. The number of hydrogen-bond acceptors (Lipinski definition) is 3. The molecule has 0 heterocycles. The molecule has 0 aromatic carbocycles. The number of hydrogen-bond donors (Lipinski definition) is 4. The van der Waals surface area contributed by atoms with E-state index in [1.807, 2.05) is 13.8 Å². The summed E-state index contributed by atoms with van der Waals surface area (Å²) in [5, 5.41) is 21.7. The Morgan fingerprint density at radius 3 is 2.44 bits per heavy atom. The molecule has 1 saturated carbocycles. The molecule has 1 aliphatic carbocycles. The molecule has 0 radical (unpaired) electrons. The van der Waals surface area contributed by atoms with Crippen LogP contribution in [0.2, 0.25) is 0 Å². The van der Waals surface area contributed by atoms with Gasteiger partial charge in [0.25, 0.3) is 0 Å². The van der Waals surface area contributed by atoms with Crippen LogP contribution in [0.25, 0.3) is 0 Å². The van der Waals surface area contributed by atoms with Gasteiger partial charge >= 0.3 is 6.09 Å². The lowest BCUT2D eigenvalue weighted by Gasteiger charge is -2.43. The normalized spacial score (nSPS) is 29.9. The van der Waals surface area contributed by atoms with Crippen molar-refractivity contribution in [2.24, 2.45) is 17.6 Å². The number of amides is 2. The van der Waals surface area contributed by atoms with Crippen LogP contribution < -0.4 is 11.1 Å². The number of primary amides is 1. The Morgan fingerprint density at radius 1 is 1.39 bits per heavy atom. The Morgan fingerprint density at radius 2 is 2.00 bits per heavy atom. The summed E-state index contributed by atoms with van der Waals surface area (Å²) < 4.78 is 0. The van der Waals surface area contributed by atoms with E-state index in [4.69, 9.17) is 10.8 Å². The van der Waals surface area contributed by atoms with Crippen LogP contribution in [-0.2, 0) is 4.79 Å². The predicted octanol–water partition coefficient (Wildman–Crippen LogP) is 0.685. The largest absolute Gasteiger partial charge is 0.465 e. The fourth-order valence-corrected chi connectivity index (χ4v) is 2.84. The molecule has 1 rings (SSSR count). The molecular weight excluding hydrogens is 236 g/mol. The fourth-order valence-electron chi connectivity index (χ4n) is 2.84. The van der Waals surface area contributed by atoms with Crippen LogP contribution in [0.1, 0.15) is 39.5 Å². The summed E-state index contributed by atoms with van der Waals surface area (Å²) in [6, 6.07) is -0.472. The Kier molecular flexibility index (Phi) is 4.56. The monoisotopic (exact) mass is 258 g/mol. The van der Waals surface area contributed by atoms with Crippen molar-refractivity contribution < 1.29 is 19.8 Å². The molecule has 3 unspecified atom stereocenters. The van der Waals surface area contributed by atoms with Crippen LogP contribution in [0.3, 0.4) is 0 Å². The van der Waals surface area contributed by atoms with E-state index in [-0.39, 0.29) is 5.92 Å². The van der Waals surface area contributed by atoms with E-state index in [2.05, 4.69) is 5.32 Å². The van der Waals surface area contributed by atoms with Crippen LogP contribution in [-0.4, -0.2) is 33.9 Å². The van der Waals surface area contributed by atoms with Crippen molar-refractivity contribution in [3.8, 4) is 0 Å². The maximum Gasteiger partial charge on any atom is 0.404 e. The number of aliphatic hydroxyl groups is 1. The SMILES string of the molecule is CC(C)C(NC(=O)O)C1CCCCC1(O)C(N)=O. The van der Waals surface area contributed by atoms with Gasteiger partial charge in [-0.1, -0.05) is 26.7 Å². The van der Waals surface area contributed by atoms with Gasteiger partial charge in [-0.15, -0.1) is 0 Å². The van der Waals surface area contributed by atoms with E-state index in [1.54, 1.807) is 0 Å². The number of nitrogens with one attached hydrogen (secondary N) is 1. The molecule has 104 valence electrons. The Bertz CT molecular complexity index is 332. The lowest BCUT2D eigenvalue weighted by atomic mass is 9.69. The number of rotatable bonds is 4. The predicted molar refractivity (Wildman–Crippen MR) is 65.9 cm³/mol. The number of nitrogens with two attached hydrogens (primary N) is 1. The highest BCUT2D eigenvalue weighted by atomic mass is 16.4. The lowest BCUT2D eigenvalue weighted by molar-refractivity contribution is -0.149. The van der Waals surface area contributed by atoms with E-state index >= 15 is 0 Å². The Hall–Kier alpha value is -1.30. The highest BCUT2D eigenvalue weighted by molar-refractivity contribution is 5.84. The third kappa shape index (κ3) is 2.93. The molecule has 0 aromatic heterocycles. The molecule has 1 aliphatic rings. The Balaban J connectivity index is 2.99. The number of carbonyl (C=O) groups is 2. The number of carbonyl (C=O) groups excluding carboxylic acids is 1. The van der Waals surface area contributed by atoms with Gasteiger partial charge < -0.3 is 21.3 Å². The first-order chi connectivity index (χ1) is 8.29. The second-order valence-corrected chi connectivity index (χ2v) is 5.36. The smallest absolute Gasteiger partial charge is 0.404 e. The molecule has 6 nitrogen and oxygen atoms in total. The van der Waals surface area contributed by atoms with Gasteiger partial charge in [0.05, 0.1) is 0 Å². The zero-order valence-corrected chi connectivity index (χ0v) is 10.8. The zero-order chi connectivity index (χ0) is 13.9. The van der Waals surface area contributed by atoms with Gasteiger partial charge in [0.15, 0.2) is 0 Å². The van der Waals surface area contributed by atoms with Crippen molar-refractivity contribution in [3.63, 3.8) is 0 Å². The third-order valence-corrected chi connectivity index (χ3v) is 3.81. The summed E-state index contributed by atoms with van der Waals surface area (Å²) >= 11 is 0. The molecule has 0 bridgehead atoms. The standard InChI is InChI=1S/C12H22N2O4/c1-7(2)9(14-11(16)17)8-5-3-4-6-12(8,18)10(13)15/h7-9,14,18H,3-6H2,1-2H3,(H2,13,15)(H,16,17). The second-order valence-electron chi connectivity index (χ2n) is 5.36. The molecule has 18 heavy (non-hydrogen) atoms. The first-order valence-electron chi connectivity index (χ1n) is 6.30. The van der Waals surface area contributed by atoms with Gasteiger partial charge in [-0.25, -0.2) is 4.79 Å². The van der Waals surface area contributed by atoms with E-state index in [0.29, 0.717) is 12.8 Å². The van der Waals surface area contributed by atoms with Gasteiger partial charge in [-0.2, -0.15) is 0 Å². The summed E-state index contributed by atoms with van der Waals surface area (Å²) in [6.07, 6.45) is 1.35. The van der Waals surface area contributed by atoms with E-state index in [1.165, 1.54) is 0 Å². The highest BCUT2D eigenvalue weighted by Gasteiger charge is 2.48. The minimum absolute atomic E-state index is 0.0184. The summed E-state index contributed by atoms with van der Waals surface area (Å²) in [5.74, 6) is -1.24. The Labute approximate surface area is 107 Å². The van der Waals surface area contributed by atoms with Crippen molar-refractivity contribution in [1.82, 2.24) is 5.32 Å². The van der Waals surface area contributed by atoms with Gasteiger partial charge in [0.2, 0.25) is 5.91 Å². The molecule has 0 spiro atoms. The maximum absolute atomic E-state index is 11.5. The third-order valence-electron chi connectivity index (χ3n) is 3.81. The molecule has 0 aliphatic heterocycles. The molecule has 6 heteroatoms. The summed E-state index contributed by atoms with van der Waals surface area (Å²) in [4.78, 5) is 22.3. The zero-order valence-electron chi connectivity index (χ0n) is 10.8. The van der Waals surface area contributed by atoms with E-state index in [0.717, 1.165) is 12.8 Å². The molecule has 2 amide bonds. The van der Waals surface area contributed by atoms with Crippen molar-refractivity contribution in [3.05, 3.63) is 0 Å². The van der Waals surface area contributed by atoms with Gasteiger partial charge in [-0.3, -0.25) is 4.79 Å². The first-order valence-corrected chi connectivity index (χ1v) is 6.30. The van der Waals surface area contributed by atoms with Crippen LogP contribution in [0, 0.1) is 11.8 Å². The van der Waals surface area contributed by atoms with Gasteiger partial charge in [-0.05, 0) is 18.8 Å². The highest BCUT2D eigenvalue weighted by Crippen LogP contribution is 2.37. The van der Waals surface area contributed by atoms with E-state index in [9.17, 15) is 14.7 Å². The molecule has 1 fully saturated rings. The minimum atomic E-state index is -1.60. The average molecular weight is 258 g/mol. The van der Waals surface area contributed by atoms with Crippen molar-refractivity contribution in [2.75, 3.05) is 0 Å². The van der Waals surface area contributed by atoms with E-state index < -0.39 is 29.6 Å². The second kappa shape index (κ2) is 5.56. The van der Waals surface area contributed by atoms with Crippen LogP contribution >= 0.6 is 0 Å². The molecule has 3 atom stereocenters. The summed E-state index contributed by atoms with van der Waals surface area (Å²) in [6.45, 7) is 3.72. The number of carboxylic acid groups (broad SMARTS) is 1. The first kappa shape index (κ1) is 14.8. The molecular formula is C12H22N2O4. The minimum Gasteiger partial charge on any atom is -0.465 e. The van der Waals surface area contributed by atoms with Crippen molar-refractivity contribution >= 4 is 12.0 Å². The summed E-state index contributed by atoms with van der Waals surface area (Å²) in [7, 11) is 0. The van der Waals surface area contributed by atoms with Gasteiger partial charge in [0.1, 0.15) is 5.60 Å². The van der Waals surface area contributed by atoms with Gasteiger partial charge in [0, 0.05) is 12.0 Å². The molecule has 0 aromatic rings. The van der Waals surface area contributed by atoms with Crippen LogP contribution in [0.15, 0.2) is 0 Å². The average Bonchev–Trinajstić information content (AvgIpc) is 2.26. The van der Waals surface area contributed by atoms with Crippen molar-refractivity contribution in [1.29, 1.82) is 0 Å².